The second-order valence-corrected chi connectivity index (χ2v) is 8.40. The highest BCUT2D eigenvalue weighted by Gasteiger charge is 2.92. The van der Waals surface area contributed by atoms with Crippen molar-refractivity contribution < 1.29 is 44.2 Å². The smallest absolute Gasteiger partial charge is 0.201 e. The van der Waals surface area contributed by atoms with Gasteiger partial charge in [0.1, 0.15) is 24.1 Å². The molecular formula is C20H22O9. The van der Waals surface area contributed by atoms with Crippen LogP contribution in [0.2, 0.25) is 0 Å². The number of phenolic OH excluding ortho intramolecular Hbond substituents is 1. The molecule has 0 amide bonds. The van der Waals surface area contributed by atoms with Gasteiger partial charge in [-0.05, 0) is 13.0 Å². The molecule has 1 saturated carbocycles. The molecule has 156 valence electrons. The minimum Gasteiger partial charge on any atom is -0.508 e. The molecule has 2 heterocycles. The molecule has 0 radical (unpaired) electrons. The second kappa shape index (κ2) is 5.42. The highest BCUT2D eigenvalue weighted by molar-refractivity contribution is 6.11. The van der Waals surface area contributed by atoms with Crippen LogP contribution in [-0.4, -0.2) is 80.3 Å². The number of carbonyl (C=O) groups excluding carboxylic acids is 2. The van der Waals surface area contributed by atoms with E-state index in [1.54, 1.807) is 6.92 Å². The minimum atomic E-state index is -2.44. The number of aliphatic hydroxyl groups excluding tert-OH is 2. The second-order valence-electron chi connectivity index (χ2n) is 8.40. The number of aliphatic hydroxyl groups is 3. The van der Waals surface area contributed by atoms with Crippen molar-refractivity contribution in [2.24, 2.45) is 5.92 Å². The van der Waals surface area contributed by atoms with E-state index in [1.807, 2.05) is 0 Å². The van der Waals surface area contributed by atoms with Crippen LogP contribution in [0.15, 0.2) is 18.2 Å². The monoisotopic (exact) mass is 406 g/mol. The third-order valence-corrected chi connectivity index (χ3v) is 7.19. The van der Waals surface area contributed by atoms with E-state index in [1.165, 1.54) is 32.2 Å². The maximum atomic E-state index is 13.3. The van der Waals surface area contributed by atoms with Gasteiger partial charge >= 0.3 is 0 Å². The Bertz CT molecular complexity index is 946. The van der Waals surface area contributed by atoms with Crippen molar-refractivity contribution in [2.75, 3.05) is 7.11 Å². The van der Waals surface area contributed by atoms with Crippen LogP contribution in [0.5, 0.6) is 5.75 Å². The van der Waals surface area contributed by atoms with Crippen molar-refractivity contribution in [1.82, 2.24) is 0 Å². The molecule has 0 aromatic heterocycles. The van der Waals surface area contributed by atoms with Gasteiger partial charge in [-0.25, -0.2) is 0 Å². The normalized spacial score (nSPS) is 49.7. The van der Waals surface area contributed by atoms with Crippen molar-refractivity contribution in [1.29, 1.82) is 0 Å². The topological polar surface area (TPSA) is 149 Å². The standard InChI is InChI=1S/C20H22O9/c1-7-13(22)19-14(23)9-5-4-6-10(21)11(9)16(27-3)20(19,29-19)17(25)18(7,26)15(24)12-8(2)28-12/h4-8,12-13,16-17,21-22,25-26H,1-3H3. The molecule has 4 N–H and O–H groups in total. The molecule has 0 bridgehead atoms. The number of phenols is 1. The van der Waals surface area contributed by atoms with Crippen LogP contribution in [0.4, 0.5) is 0 Å². The Morgan fingerprint density at radius 1 is 1.24 bits per heavy atom. The molecule has 5 rings (SSSR count). The van der Waals surface area contributed by atoms with Gasteiger partial charge in [0.2, 0.25) is 5.78 Å². The first-order chi connectivity index (χ1) is 13.6. The number of epoxide rings is 2. The molecule has 9 unspecified atom stereocenters. The van der Waals surface area contributed by atoms with E-state index in [0.717, 1.165) is 0 Å². The van der Waals surface area contributed by atoms with Crippen molar-refractivity contribution >= 4 is 11.6 Å². The van der Waals surface area contributed by atoms with Crippen molar-refractivity contribution in [3.8, 4) is 5.75 Å². The number of ether oxygens (including phenoxy) is 3. The van der Waals surface area contributed by atoms with Gasteiger partial charge in [0.05, 0.1) is 12.2 Å². The summed E-state index contributed by atoms with van der Waals surface area (Å²) in [7, 11) is 1.29. The summed E-state index contributed by atoms with van der Waals surface area (Å²) in [6.45, 7) is 3.03. The Hall–Kier alpha value is -1.88. The maximum Gasteiger partial charge on any atom is 0.201 e. The molecule has 2 aliphatic heterocycles. The van der Waals surface area contributed by atoms with Crippen LogP contribution in [0.25, 0.3) is 0 Å². The number of rotatable bonds is 3. The van der Waals surface area contributed by atoms with E-state index >= 15 is 0 Å². The molecular weight excluding hydrogens is 384 g/mol. The molecule has 2 saturated heterocycles. The van der Waals surface area contributed by atoms with E-state index in [9.17, 15) is 30.0 Å². The van der Waals surface area contributed by atoms with Gasteiger partial charge < -0.3 is 34.6 Å². The summed E-state index contributed by atoms with van der Waals surface area (Å²) in [5.41, 5.74) is -6.08. The fraction of sp³-hybridized carbons (Fsp3) is 0.600. The van der Waals surface area contributed by atoms with Crippen LogP contribution in [0, 0.1) is 5.92 Å². The third-order valence-electron chi connectivity index (χ3n) is 7.19. The van der Waals surface area contributed by atoms with Crippen LogP contribution in [0.3, 0.4) is 0 Å². The minimum absolute atomic E-state index is 0.0831. The van der Waals surface area contributed by atoms with Gasteiger partial charge in [-0.3, -0.25) is 9.59 Å². The molecule has 29 heavy (non-hydrogen) atoms. The summed E-state index contributed by atoms with van der Waals surface area (Å²) < 4.78 is 16.5. The molecule has 9 nitrogen and oxygen atoms in total. The first-order valence-electron chi connectivity index (χ1n) is 9.48. The van der Waals surface area contributed by atoms with Gasteiger partial charge in [0.15, 0.2) is 22.6 Å². The average molecular weight is 406 g/mol. The lowest BCUT2D eigenvalue weighted by atomic mass is 9.55. The summed E-state index contributed by atoms with van der Waals surface area (Å²) in [6, 6.07) is 4.31. The number of ketones is 2. The number of aromatic hydroxyl groups is 1. The van der Waals surface area contributed by atoms with E-state index in [4.69, 9.17) is 14.2 Å². The van der Waals surface area contributed by atoms with Crippen molar-refractivity contribution in [3.05, 3.63) is 29.3 Å². The Kier molecular flexibility index (Phi) is 3.57. The lowest BCUT2D eigenvalue weighted by Gasteiger charge is -2.50. The number of fused-ring (bicyclic) bond motifs is 1. The van der Waals surface area contributed by atoms with Gasteiger partial charge in [-0.15, -0.1) is 0 Å². The molecule has 3 fully saturated rings. The zero-order valence-electron chi connectivity index (χ0n) is 16.0. The van der Waals surface area contributed by atoms with Gasteiger partial charge in [-0.2, -0.15) is 0 Å². The SMILES string of the molecule is COC1c2c(O)cccc2C(=O)C23OC12C(O)C(O)(C(=O)C1OC1C)C(C)C3O. The molecule has 2 aliphatic carbocycles. The summed E-state index contributed by atoms with van der Waals surface area (Å²) in [6.07, 6.45) is -6.06. The van der Waals surface area contributed by atoms with Crippen LogP contribution in [0.1, 0.15) is 35.9 Å². The van der Waals surface area contributed by atoms with Crippen molar-refractivity contribution in [3.63, 3.8) is 0 Å². The Morgan fingerprint density at radius 3 is 2.48 bits per heavy atom. The number of carbonyl (C=O) groups is 2. The van der Waals surface area contributed by atoms with Crippen LogP contribution >= 0.6 is 0 Å². The fourth-order valence-corrected chi connectivity index (χ4v) is 5.49. The lowest BCUT2D eigenvalue weighted by Crippen LogP contribution is -2.74. The predicted octanol–water partition coefficient (Wildman–Crippen LogP) is -0.757. The first-order valence-corrected chi connectivity index (χ1v) is 9.48. The largest absolute Gasteiger partial charge is 0.508 e. The average Bonchev–Trinajstić information content (AvgIpc) is 3.60. The quantitative estimate of drug-likeness (QED) is 0.475. The lowest BCUT2D eigenvalue weighted by molar-refractivity contribution is -0.200. The molecule has 9 heteroatoms. The van der Waals surface area contributed by atoms with Gasteiger partial charge in [0, 0.05) is 24.2 Å². The predicted molar refractivity (Wildman–Crippen MR) is 94.2 cm³/mol. The zero-order chi connectivity index (χ0) is 21.1. The third kappa shape index (κ3) is 1.83. The Labute approximate surface area is 165 Å². The number of methoxy groups -OCH3 is 1. The zero-order valence-corrected chi connectivity index (χ0v) is 16.0. The van der Waals surface area contributed by atoms with Crippen LogP contribution in [-0.2, 0) is 19.0 Å². The molecule has 1 aromatic carbocycles. The first kappa shape index (κ1) is 19.1. The van der Waals surface area contributed by atoms with E-state index in [0.29, 0.717) is 0 Å². The number of Topliss-reactive ketones (excluding diaryl/α,β-unsaturated/α-hetero) is 2. The summed E-state index contributed by atoms with van der Waals surface area (Å²) in [5, 5.41) is 44.2. The van der Waals surface area contributed by atoms with Gasteiger partial charge in [-0.1, -0.05) is 19.1 Å². The van der Waals surface area contributed by atoms with E-state index in [2.05, 4.69) is 0 Å². The molecule has 0 spiro atoms. The number of hydrogen-bond donors (Lipinski definition) is 4. The van der Waals surface area contributed by atoms with E-state index < -0.39 is 64.8 Å². The fourth-order valence-electron chi connectivity index (χ4n) is 5.49. The molecule has 9 atom stereocenters. The van der Waals surface area contributed by atoms with Gasteiger partial charge in [0.25, 0.3) is 0 Å². The number of benzene rings is 1. The summed E-state index contributed by atoms with van der Waals surface area (Å²) in [4.78, 5) is 26.4. The highest BCUT2D eigenvalue weighted by atomic mass is 16.7. The van der Waals surface area contributed by atoms with E-state index in [-0.39, 0.29) is 16.9 Å². The number of hydrogen-bond acceptors (Lipinski definition) is 9. The van der Waals surface area contributed by atoms with Crippen LogP contribution < -0.4 is 0 Å². The Balaban J connectivity index is 1.72. The maximum absolute atomic E-state index is 13.3. The summed E-state index contributed by atoms with van der Waals surface area (Å²) >= 11 is 0. The Morgan fingerprint density at radius 2 is 1.90 bits per heavy atom. The highest BCUT2D eigenvalue weighted by Crippen LogP contribution is 2.71. The van der Waals surface area contributed by atoms with Crippen molar-refractivity contribution in [2.45, 2.75) is 61.2 Å². The molecule has 1 aromatic rings. The summed E-state index contributed by atoms with van der Waals surface area (Å²) in [5.74, 6) is -2.90. The molecule has 4 aliphatic rings.